The molecule has 110 valence electrons. The fraction of sp³-hybridized carbons (Fsp3) is 0.462. The molecule has 4 nitrogen and oxygen atoms in total. The topological polar surface area (TPSA) is 41.6 Å². The fourth-order valence-electron chi connectivity index (χ4n) is 2.15. The summed E-state index contributed by atoms with van der Waals surface area (Å²) in [5.41, 5.74) is 0.706. The Balaban J connectivity index is 2.14. The molecule has 20 heavy (non-hydrogen) atoms. The molecule has 0 saturated carbocycles. The van der Waals surface area contributed by atoms with Crippen LogP contribution in [-0.2, 0) is 4.79 Å². The lowest BCUT2D eigenvalue weighted by molar-refractivity contribution is -0.144. The first-order chi connectivity index (χ1) is 9.40. The van der Waals surface area contributed by atoms with Crippen molar-refractivity contribution in [3.05, 3.63) is 29.8 Å². The Morgan fingerprint density at radius 1 is 1.45 bits per heavy atom. The molecule has 0 radical (unpaired) electrons. The highest BCUT2D eigenvalue weighted by molar-refractivity contribution is 5.81. The molecule has 1 saturated heterocycles. The third-order valence-electron chi connectivity index (χ3n) is 3.12. The van der Waals surface area contributed by atoms with Crippen LogP contribution in [0.5, 0.6) is 5.75 Å². The molecule has 1 unspecified atom stereocenters. The van der Waals surface area contributed by atoms with E-state index < -0.39 is 18.8 Å². The van der Waals surface area contributed by atoms with Crippen molar-refractivity contribution in [1.29, 1.82) is 0 Å². The van der Waals surface area contributed by atoms with E-state index in [4.69, 9.17) is 4.74 Å². The molecule has 0 bridgehead atoms. The molecule has 1 amide bonds. The van der Waals surface area contributed by atoms with Gasteiger partial charge in [-0.1, -0.05) is 12.1 Å². The second-order valence-electron chi connectivity index (χ2n) is 4.51. The minimum Gasteiger partial charge on any atom is -0.497 e. The number of nitrogens with one attached hydrogen (secondary N) is 1. The Morgan fingerprint density at radius 3 is 2.85 bits per heavy atom. The molecule has 1 heterocycles. The van der Waals surface area contributed by atoms with E-state index in [1.807, 2.05) is 0 Å². The van der Waals surface area contributed by atoms with E-state index >= 15 is 0 Å². The number of hydrogen-bond acceptors (Lipinski definition) is 3. The first kappa shape index (κ1) is 14.6. The van der Waals surface area contributed by atoms with E-state index in [9.17, 15) is 18.0 Å². The number of benzene rings is 1. The summed E-state index contributed by atoms with van der Waals surface area (Å²) in [5, 5.41) is 2.91. The van der Waals surface area contributed by atoms with Crippen LogP contribution in [0.15, 0.2) is 24.3 Å². The van der Waals surface area contributed by atoms with Crippen LogP contribution < -0.4 is 10.1 Å². The minimum absolute atomic E-state index is 0.0414. The number of alkyl halides is 3. The van der Waals surface area contributed by atoms with E-state index in [1.165, 1.54) is 12.0 Å². The van der Waals surface area contributed by atoms with Gasteiger partial charge >= 0.3 is 6.18 Å². The summed E-state index contributed by atoms with van der Waals surface area (Å²) in [5.74, 6) is 0.265. The van der Waals surface area contributed by atoms with Crippen LogP contribution in [0.4, 0.5) is 13.2 Å². The molecule has 2 rings (SSSR count). The second kappa shape index (κ2) is 5.70. The van der Waals surface area contributed by atoms with Gasteiger partial charge in [-0.2, -0.15) is 13.2 Å². The maximum absolute atomic E-state index is 12.3. The summed E-state index contributed by atoms with van der Waals surface area (Å²) in [6, 6.07) is 6.93. The Bertz CT molecular complexity index is 491. The normalized spacial score (nSPS) is 19.5. The standard InChI is InChI=1S/C13H15F3N2O2/c1-20-10-4-2-3-9(7-10)12-17-8-11(19)18(12)6-5-13(14,15)16/h2-4,7,12,17H,5-6,8H2,1H3. The second-order valence-corrected chi connectivity index (χ2v) is 4.51. The van der Waals surface area contributed by atoms with Crippen molar-refractivity contribution in [2.45, 2.75) is 18.8 Å². The van der Waals surface area contributed by atoms with Crippen LogP contribution in [0, 0.1) is 0 Å². The Morgan fingerprint density at radius 2 is 2.20 bits per heavy atom. The third kappa shape index (κ3) is 3.41. The number of carbonyl (C=O) groups is 1. The van der Waals surface area contributed by atoms with Crippen LogP contribution in [0.3, 0.4) is 0 Å². The number of halogens is 3. The highest BCUT2D eigenvalue weighted by atomic mass is 19.4. The SMILES string of the molecule is COc1cccc(C2NCC(=O)N2CCC(F)(F)F)c1. The summed E-state index contributed by atoms with van der Waals surface area (Å²) in [7, 11) is 1.51. The fourth-order valence-corrected chi connectivity index (χ4v) is 2.15. The van der Waals surface area contributed by atoms with Gasteiger partial charge in [0.1, 0.15) is 11.9 Å². The van der Waals surface area contributed by atoms with Crippen molar-refractivity contribution >= 4 is 5.91 Å². The molecule has 0 aromatic heterocycles. The number of amides is 1. The molecule has 0 aliphatic carbocycles. The zero-order valence-corrected chi connectivity index (χ0v) is 10.9. The minimum atomic E-state index is -4.28. The quantitative estimate of drug-likeness (QED) is 0.922. The van der Waals surface area contributed by atoms with Crippen molar-refractivity contribution in [2.24, 2.45) is 0 Å². The zero-order chi connectivity index (χ0) is 14.8. The molecule has 0 spiro atoms. The molecular formula is C13H15F3N2O2. The zero-order valence-electron chi connectivity index (χ0n) is 10.9. The lowest BCUT2D eigenvalue weighted by Gasteiger charge is -2.25. The van der Waals surface area contributed by atoms with Crippen LogP contribution in [0.1, 0.15) is 18.2 Å². The average molecular weight is 288 g/mol. The Hall–Kier alpha value is -1.76. The highest BCUT2D eigenvalue weighted by Crippen LogP contribution is 2.28. The number of rotatable bonds is 4. The van der Waals surface area contributed by atoms with Gasteiger partial charge in [0.05, 0.1) is 20.1 Å². The van der Waals surface area contributed by atoms with Gasteiger partial charge in [0.2, 0.25) is 5.91 Å². The molecule has 1 N–H and O–H groups in total. The van der Waals surface area contributed by atoms with Gasteiger partial charge in [0.15, 0.2) is 0 Å². The van der Waals surface area contributed by atoms with E-state index in [0.717, 1.165) is 0 Å². The first-order valence-electron chi connectivity index (χ1n) is 6.14. The molecule has 1 aliphatic rings. The number of ether oxygens (including phenoxy) is 1. The summed E-state index contributed by atoms with van der Waals surface area (Å²) >= 11 is 0. The van der Waals surface area contributed by atoms with Gasteiger partial charge in [0, 0.05) is 6.54 Å². The third-order valence-corrected chi connectivity index (χ3v) is 3.12. The molecule has 1 aliphatic heterocycles. The molecule has 1 fully saturated rings. The number of carbonyl (C=O) groups excluding carboxylic acids is 1. The van der Waals surface area contributed by atoms with E-state index in [1.54, 1.807) is 24.3 Å². The van der Waals surface area contributed by atoms with Crippen LogP contribution in [-0.4, -0.2) is 37.2 Å². The number of methoxy groups -OCH3 is 1. The molecule has 1 atom stereocenters. The summed E-state index contributed by atoms with van der Waals surface area (Å²) in [6.07, 6.45) is -5.83. The molecule has 7 heteroatoms. The van der Waals surface area contributed by atoms with Crippen molar-refractivity contribution in [3.8, 4) is 5.75 Å². The van der Waals surface area contributed by atoms with Crippen molar-refractivity contribution < 1.29 is 22.7 Å². The largest absolute Gasteiger partial charge is 0.497 e. The lowest BCUT2D eigenvalue weighted by atomic mass is 10.1. The molecular weight excluding hydrogens is 273 g/mol. The smallest absolute Gasteiger partial charge is 0.390 e. The number of nitrogens with zero attached hydrogens (tertiary/aromatic N) is 1. The van der Waals surface area contributed by atoms with Crippen LogP contribution in [0.2, 0.25) is 0 Å². The average Bonchev–Trinajstić information content (AvgIpc) is 2.77. The van der Waals surface area contributed by atoms with Crippen molar-refractivity contribution in [3.63, 3.8) is 0 Å². The summed E-state index contributed by atoms with van der Waals surface area (Å²) < 4.78 is 42.0. The predicted octanol–water partition coefficient (Wildman–Crippen LogP) is 2.08. The number of hydrogen-bond donors (Lipinski definition) is 1. The maximum atomic E-state index is 12.3. The lowest BCUT2D eigenvalue weighted by Crippen LogP contribution is -2.33. The van der Waals surface area contributed by atoms with Crippen LogP contribution >= 0.6 is 0 Å². The Labute approximate surface area is 114 Å². The van der Waals surface area contributed by atoms with Gasteiger partial charge in [-0.25, -0.2) is 0 Å². The first-order valence-corrected chi connectivity index (χ1v) is 6.14. The van der Waals surface area contributed by atoms with E-state index in [2.05, 4.69) is 5.32 Å². The van der Waals surface area contributed by atoms with Gasteiger partial charge in [-0.15, -0.1) is 0 Å². The molecule has 1 aromatic rings. The summed E-state index contributed by atoms with van der Waals surface area (Å²) in [4.78, 5) is 12.9. The van der Waals surface area contributed by atoms with Gasteiger partial charge < -0.3 is 9.64 Å². The molecule has 1 aromatic carbocycles. The van der Waals surface area contributed by atoms with Crippen molar-refractivity contribution in [2.75, 3.05) is 20.2 Å². The summed E-state index contributed by atoms with van der Waals surface area (Å²) in [6.45, 7) is -0.309. The van der Waals surface area contributed by atoms with Crippen molar-refractivity contribution in [1.82, 2.24) is 10.2 Å². The Kier molecular flexibility index (Phi) is 4.17. The van der Waals surface area contributed by atoms with Gasteiger partial charge in [-0.05, 0) is 17.7 Å². The van der Waals surface area contributed by atoms with Crippen LogP contribution in [0.25, 0.3) is 0 Å². The highest BCUT2D eigenvalue weighted by Gasteiger charge is 2.35. The van der Waals surface area contributed by atoms with Gasteiger partial charge in [0.25, 0.3) is 0 Å². The predicted molar refractivity (Wildman–Crippen MR) is 66.1 cm³/mol. The maximum Gasteiger partial charge on any atom is 0.390 e. The van der Waals surface area contributed by atoms with E-state index in [0.29, 0.717) is 11.3 Å². The van der Waals surface area contributed by atoms with E-state index in [-0.39, 0.29) is 19.0 Å². The monoisotopic (exact) mass is 288 g/mol. The van der Waals surface area contributed by atoms with Gasteiger partial charge in [-0.3, -0.25) is 10.1 Å².